The van der Waals surface area contributed by atoms with Crippen LogP contribution in [0.5, 0.6) is 0 Å². The van der Waals surface area contributed by atoms with E-state index in [-0.39, 0.29) is 18.7 Å². The molecule has 0 aromatic carbocycles. The zero-order valence-electron chi connectivity index (χ0n) is 10.2. The smallest absolute Gasteiger partial charge is 0.382 e. The van der Waals surface area contributed by atoms with Gasteiger partial charge in [-0.2, -0.15) is 13.2 Å². The van der Waals surface area contributed by atoms with Gasteiger partial charge in [0.2, 0.25) is 0 Å². The molecule has 1 fully saturated rings. The van der Waals surface area contributed by atoms with Crippen molar-refractivity contribution in [1.29, 1.82) is 5.41 Å². The van der Waals surface area contributed by atoms with E-state index in [0.717, 1.165) is 0 Å². The van der Waals surface area contributed by atoms with Crippen LogP contribution in [-0.4, -0.2) is 30.1 Å². The summed E-state index contributed by atoms with van der Waals surface area (Å²) in [6, 6.07) is 5.03. The first-order valence-corrected chi connectivity index (χ1v) is 6.01. The van der Waals surface area contributed by atoms with Crippen molar-refractivity contribution in [3.8, 4) is 0 Å². The standard InChI is InChI=1S/C12H15F3N4/c13-12(14,15)8-4-6-19(7-5-8)10-3-1-2-9(18-10)11(16)17/h1-3,8H,4-7H2,(H3,16,17). The number of rotatable bonds is 2. The van der Waals surface area contributed by atoms with E-state index in [1.54, 1.807) is 23.1 Å². The molecule has 0 bridgehead atoms. The predicted molar refractivity (Wildman–Crippen MR) is 66.2 cm³/mol. The third kappa shape index (κ3) is 3.15. The quantitative estimate of drug-likeness (QED) is 0.640. The van der Waals surface area contributed by atoms with Gasteiger partial charge in [0.1, 0.15) is 17.3 Å². The lowest BCUT2D eigenvalue weighted by molar-refractivity contribution is -0.179. The van der Waals surface area contributed by atoms with Crippen LogP contribution in [0.2, 0.25) is 0 Å². The molecule has 1 aliphatic rings. The number of pyridine rings is 1. The van der Waals surface area contributed by atoms with Crippen LogP contribution < -0.4 is 10.6 Å². The molecule has 0 atom stereocenters. The summed E-state index contributed by atoms with van der Waals surface area (Å²) in [6.07, 6.45) is -3.95. The van der Waals surface area contributed by atoms with Crippen LogP contribution >= 0.6 is 0 Å². The second-order valence-electron chi connectivity index (χ2n) is 4.60. The molecule has 0 amide bonds. The highest BCUT2D eigenvalue weighted by atomic mass is 19.4. The fraction of sp³-hybridized carbons (Fsp3) is 0.500. The van der Waals surface area contributed by atoms with Gasteiger partial charge in [0.25, 0.3) is 0 Å². The fourth-order valence-corrected chi connectivity index (χ4v) is 2.19. The normalized spacial score (nSPS) is 17.5. The highest BCUT2D eigenvalue weighted by Crippen LogP contribution is 2.34. The summed E-state index contributed by atoms with van der Waals surface area (Å²) in [5.74, 6) is -0.792. The van der Waals surface area contributed by atoms with Gasteiger partial charge in [-0.3, -0.25) is 5.41 Å². The number of nitrogens with zero attached hydrogens (tertiary/aromatic N) is 2. The predicted octanol–water partition coefficient (Wildman–Crippen LogP) is 2.14. The van der Waals surface area contributed by atoms with Gasteiger partial charge in [0.05, 0.1) is 5.92 Å². The minimum absolute atomic E-state index is 0.0788. The molecule has 1 aliphatic heterocycles. The zero-order valence-corrected chi connectivity index (χ0v) is 10.2. The summed E-state index contributed by atoms with van der Waals surface area (Å²) in [5.41, 5.74) is 5.69. The SMILES string of the molecule is N=C(N)c1cccc(N2CCC(C(F)(F)F)CC2)n1. The Morgan fingerprint density at radius 3 is 2.47 bits per heavy atom. The Labute approximate surface area is 108 Å². The number of nitrogens with two attached hydrogens (primary N) is 1. The minimum atomic E-state index is -4.11. The summed E-state index contributed by atoms with van der Waals surface area (Å²) < 4.78 is 37.7. The average Bonchev–Trinajstić information content (AvgIpc) is 2.38. The number of amidine groups is 1. The van der Waals surface area contributed by atoms with Crippen LogP contribution in [0.15, 0.2) is 18.2 Å². The van der Waals surface area contributed by atoms with Crippen LogP contribution in [-0.2, 0) is 0 Å². The Hall–Kier alpha value is -1.79. The van der Waals surface area contributed by atoms with E-state index in [1.165, 1.54) is 0 Å². The number of hydrogen-bond donors (Lipinski definition) is 2. The highest BCUT2D eigenvalue weighted by molar-refractivity contribution is 5.93. The van der Waals surface area contributed by atoms with E-state index < -0.39 is 12.1 Å². The molecule has 1 aromatic heterocycles. The van der Waals surface area contributed by atoms with Crippen molar-refractivity contribution in [2.24, 2.45) is 11.7 Å². The topological polar surface area (TPSA) is 66.0 Å². The lowest BCUT2D eigenvalue weighted by Gasteiger charge is -2.33. The summed E-state index contributed by atoms with van der Waals surface area (Å²) in [6.45, 7) is 0.636. The van der Waals surface area contributed by atoms with E-state index in [4.69, 9.17) is 11.1 Å². The van der Waals surface area contributed by atoms with Crippen LogP contribution in [0, 0.1) is 11.3 Å². The second kappa shape index (κ2) is 5.07. The molecule has 0 radical (unpaired) electrons. The van der Waals surface area contributed by atoms with Gasteiger partial charge >= 0.3 is 6.18 Å². The van der Waals surface area contributed by atoms with E-state index in [2.05, 4.69) is 4.98 Å². The van der Waals surface area contributed by atoms with E-state index in [9.17, 15) is 13.2 Å². The second-order valence-corrected chi connectivity index (χ2v) is 4.60. The van der Waals surface area contributed by atoms with Crippen LogP contribution in [0.25, 0.3) is 0 Å². The number of alkyl halides is 3. The van der Waals surface area contributed by atoms with Crippen molar-refractivity contribution in [3.63, 3.8) is 0 Å². The van der Waals surface area contributed by atoms with Gasteiger partial charge in [-0.05, 0) is 25.0 Å². The van der Waals surface area contributed by atoms with E-state index in [1.807, 2.05) is 0 Å². The maximum atomic E-state index is 12.6. The molecule has 2 heterocycles. The number of nitrogens with one attached hydrogen (secondary N) is 1. The molecule has 2 rings (SSSR count). The lowest BCUT2D eigenvalue weighted by Crippen LogP contribution is -2.39. The van der Waals surface area contributed by atoms with E-state index in [0.29, 0.717) is 24.6 Å². The molecule has 0 unspecified atom stereocenters. The largest absolute Gasteiger partial charge is 0.391 e. The van der Waals surface area contributed by atoms with Crippen LogP contribution in [0.3, 0.4) is 0 Å². The maximum absolute atomic E-state index is 12.6. The molecule has 104 valence electrons. The number of nitrogen functional groups attached to an aromatic ring is 1. The molecule has 4 nitrogen and oxygen atoms in total. The Kier molecular flexibility index (Phi) is 3.64. The Morgan fingerprint density at radius 2 is 1.95 bits per heavy atom. The first-order chi connectivity index (χ1) is 8.88. The number of piperidine rings is 1. The molecule has 1 aromatic rings. The third-order valence-corrected chi connectivity index (χ3v) is 3.29. The zero-order chi connectivity index (χ0) is 14.0. The average molecular weight is 272 g/mol. The molecule has 0 aliphatic carbocycles. The molecule has 0 saturated carbocycles. The number of anilines is 1. The highest BCUT2D eigenvalue weighted by Gasteiger charge is 2.41. The van der Waals surface area contributed by atoms with Crippen LogP contribution in [0.1, 0.15) is 18.5 Å². The molecule has 19 heavy (non-hydrogen) atoms. The lowest BCUT2D eigenvalue weighted by atomic mass is 9.96. The van der Waals surface area contributed by atoms with Crippen molar-refractivity contribution in [2.45, 2.75) is 19.0 Å². The van der Waals surface area contributed by atoms with E-state index >= 15 is 0 Å². The summed E-state index contributed by atoms with van der Waals surface area (Å²) in [5, 5.41) is 7.31. The van der Waals surface area contributed by atoms with Crippen molar-refractivity contribution in [2.75, 3.05) is 18.0 Å². The monoisotopic (exact) mass is 272 g/mol. The Balaban J connectivity index is 2.05. The van der Waals surface area contributed by atoms with Crippen molar-refractivity contribution in [1.82, 2.24) is 4.98 Å². The van der Waals surface area contributed by atoms with Crippen molar-refractivity contribution in [3.05, 3.63) is 23.9 Å². The third-order valence-electron chi connectivity index (χ3n) is 3.29. The first-order valence-electron chi connectivity index (χ1n) is 6.01. The number of halogens is 3. The molecular weight excluding hydrogens is 257 g/mol. The fourth-order valence-electron chi connectivity index (χ4n) is 2.19. The van der Waals surface area contributed by atoms with Crippen molar-refractivity contribution < 1.29 is 13.2 Å². The Bertz CT molecular complexity index is 464. The molecule has 7 heteroatoms. The molecule has 3 N–H and O–H groups in total. The summed E-state index contributed by atoms with van der Waals surface area (Å²) in [7, 11) is 0. The van der Waals surface area contributed by atoms with Gasteiger partial charge in [0.15, 0.2) is 0 Å². The summed E-state index contributed by atoms with van der Waals surface area (Å²) >= 11 is 0. The first kappa shape index (κ1) is 13.6. The Morgan fingerprint density at radius 1 is 1.32 bits per heavy atom. The molecular formula is C12H15F3N4. The van der Waals surface area contributed by atoms with Crippen molar-refractivity contribution >= 4 is 11.7 Å². The summed E-state index contributed by atoms with van der Waals surface area (Å²) in [4.78, 5) is 5.98. The maximum Gasteiger partial charge on any atom is 0.391 e. The van der Waals surface area contributed by atoms with Crippen LogP contribution in [0.4, 0.5) is 19.0 Å². The van der Waals surface area contributed by atoms with Gasteiger partial charge < -0.3 is 10.6 Å². The molecule has 1 saturated heterocycles. The van der Waals surface area contributed by atoms with Gasteiger partial charge in [-0.15, -0.1) is 0 Å². The molecule has 0 spiro atoms. The number of aromatic nitrogens is 1. The van der Waals surface area contributed by atoms with Gasteiger partial charge in [-0.1, -0.05) is 6.07 Å². The number of hydrogen-bond acceptors (Lipinski definition) is 3. The minimum Gasteiger partial charge on any atom is -0.382 e. The van der Waals surface area contributed by atoms with Gasteiger partial charge in [-0.25, -0.2) is 4.98 Å². The van der Waals surface area contributed by atoms with Gasteiger partial charge in [0, 0.05) is 13.1 Å².